The number of sulfonamides is 1. The SMILES string of the molecule is C=C(C)[C@@H](NS(=O)(=O)c1ccc(C)cc1)C(C)C. The molecule has 0 aliphatic rings. The van der Waals surface area contributed by atoms with Crippen LogP contribution in [0.5, 0.6) is 0 Å². The molecule has 0 bridgehead atoms. The Balaban J connectivity index is 3.01. The highest BCUT2D eigenvalue weighted by molar-refractivity contribution is 7.89. The molecule has 1 aromatic rings. The van der Waals surface area contributed by atoms with Gasteiger partial charge in [0, 0.05) is 6.04 Å². The van der Waals surface area contributed by atoms with Gasteiger partial charge in [0.05, 0.1) is 4.90 Å². The van der Waals surface area contributed by atoms with Crippen molar-refractivity contribution in [3.63, 3.8) is 0 Å². The van der Waals surface area contributed by atoms with Crippen molar-refractivity contribution >= 4 is 10.0 Å². The monoisotopic (exact) mass is 267 g/mol. The molecule has 0 aliphatic heterocycles. The summed E-state index contributed by atoms with van der Waals surface area (Å²) in [4.78, 5) is 0.292. The number of benzene rings is 1. The van der Waals surface area contributed by atoms with E-state index in [0.29, 0.717) is 4.90 Å². The molecule has 1 N–H and O–H groups in total. The molecule has 18 heavy (non-hydrogen) atoms. The zero-order chi connectivity index (χ0) is 13.9. The fourth-order valence-corrected chi connectivity index (χ4v) is 3.20. The highest BCUT2D eigenvalue weighted by Gasteiger charge is 2.22. The van der Waals surface area contributed by atoms with Crippen LogP contribution in [0.3, 0.4) is 0 Å². The Labute approximate surface area is 110 Å². The predicted octanol–water partition coefficient (Wildman–Crippen LogP) is 2.87. The van der Waals surface area contributed by atoms with Gasteiger partial charge in [0.2, 0.25) is 10.0 Å². The maximum atomic E-state index is 12.2. The van der Waals surface area contributed by atoms with Gasteiger partial charge in [0.25, 0.3) is 0 Å². The van der Waals surface area contributed by atoms with Gasteiger partial charge in [-0.15, -0.1) is 0 Å². The average molecular weight is 267 g/mol. The van der Waals surface area contributed by atoms with Crippen LogP contribution in [-0.4, -0.2) is 14.5 Å². The summed E-state index contributed by atoms with van der Waals surface area (Å²) < 4.78 is 27.1. The Morgan fingerprint density at radius 3 is 2.11 bits per heavy atom. The van der Waals surface area contributed by atoms with E-state index < -0.39 is 10.0 Å². The van der Waals surface area contributed by atoms with Gasteiger partial charge in [-0.2, -0.15) is 0 Å². The van der Waals surface area contributed by atoms with Crippen LogP contribution in [0.4, 0.5) is 0 Å². The summed E-state index contributed by atoms with van der Waals surface area (Å²) in [5, 5.41) is 0. The van der Waals surface area contributed by atoms with Gasteiger partial charge in [-0.05, 0) is 31.9 Å². The maximum Gasteiger partial charge on any atom is 0.241 e. The fourth-order valence-electron chi connectivity index (χ4n) is 1.76. The third kappa shape index (κ3) is 3.68. The number of rotatable bonds is 5. The molecular weight excluding hydrogens is 246 g/mol. The van der Waals surface area contributed by atoms with Gasteiger partial charge in [-0.25, -0.2) is 13.1 Å². The first-order chi connectivity index (χ1) is 8.24. The minimum atomic E-state index is -3.48. The molecule has 0 saturated carbocycles. The summed E-state index contributed by atoms with van der Waals surface area (Å²) in [7, 11) is -3.48. The lowest BCUT2D eigenvalue weighted by Crippen LogP contribution is -2.39. The third-order valence-electron chi connectivity index (χ3n) is 2.81. The second-order valence-electron chi connectivity index (χ2n) is 5.00. The van der Waals surface area contributed by atoms with Crippen LogP contribution >= 0.6 is 0 Å². The lowest BCUT2D eigenvalue weighted by atomic mass is 10.00. The first-order valence-corrected chi connectivity index (χ1v) is 7.47. The van der Waals surface area contributed by atoms with E-state index in [0.717, 1.165) is 11.1 Å². The molecule has 0 saturated heterocycles. The third-order valence-corrected chi connectivity index (χ3v) is 4.27. The van der Waals surface area contributed by atoms with Gasteiger partial charge in [-0.1, -0.05) is 43.7 Å². The lowest BCUT2D eigenvalue weighted by molar-refractivity contribution is 0.493. The number of nitrogens with one attached hydrogen (secondary N) is 1. The van der Waals surface area contributed by atoms with Crippen molar-refractivity contribution < 1.29 is 8.42 Å². The summed E-state index contributed by atoms with van der Waals surface area (Å²) in [6.45, 7) is 11.5. The second kappa shape index (κ2) is 5.67. The van der Waals surface area contributed by atoms with Crippen molar-refractivity contribution in [2.75, 3.05) is 0 Å². The van der Waals surface area contributed by atoms with Crippen LogP contribution in [0.2, 0.25) is 0 Å². The molecule has 1 aromatic carbocycles. The Bertz CT molecular complexity index is 515. The topological polar surface area (TPSA) is 46.2 Å². The van der Waals surface area contributed by atoms with E-state index in [1.165, 1.54) is 0 Å². The molecule has 3 nitrogen and oxygen atoms in total. The highest BCUT2D eigenvalue weighted by Crippen LogP contribution is 2.16. The van der Waals surface area contributed by atoms with Gasteiger partial charge in [0.15, 0.2) is 0 Å². The summed E-state index contributed by atoms with van der Waals surface area (Å²) in [5.41, 5.74) is 1.86. The molecule has 4 heteroatoms. The summed E-state index contributed by atoms with van der Waals surface area (Å²) in [6, 6.07) is 6.58. The molecule has 1 atom stereocenters. The van der Waals surface area contributed by atoms with Gasteiger partial charge < -0.3 is 0 Å². The zero-order valence-corrected chi connectivity index (χ0v) is 12.2. The summed E-state index contributed by atoms with van der Waals surface area (Å²) in [5.74, 6) is 0.169. The van der Waals surface area contributed by atoms with Crippen molar-refractivity contribution in [2.45, 2.75) is 38.6 Å². The Hall–Kier alpha value is -1.13. The first kappa shape index (κ1) is 14.9. The summed E-state index contributed by atoms with van der Waals surface area (Å²) in [6.07, 6.45) is 0. The molecule has 0 aromatic heterocycles. The quantitative estimate of drug-likeness (QED) is 0.834. The molecule has 0 aliphatic carbocycles. The van der Waals surface area contributed by atoms with Crippen molar-refractivity contribution in [1.82, 2.24) is 4.72 Å². The minimum Gasteiger partial charge on any atom is -0.207 e. The van der Waals surface area contributed by atoms with E-state index in [2.05, 4.69) is 11.3 Å². The lowest BCUT2D eigenvalue weighted by Gasteiger charge is -2.22. The first-order valence-electron chi connectivity index (χ1n) is 5.98. The summed E-state index contributed by atoms with van der Waals surface area (Å²) >= 11 is 0. The van der Waals surface area contributed by atoms with Crippen LogP contribution in [0.25, 0.3) is 0 Å². The van der Waals surface area contributed by atoms with Gasteiger partial charge in [-0.3, -0.25) is 0 Å². The number of hydrogen-bond donors (Lipinski definition) is 1. The van der Waals surface area contributed by atoms with E-state index in [1.807, 2.05) is 27.7 Å². The van der Waals surface area contributed by atoms with Crippen molar-refractivity contribution in [3.05, 3.63) is 42.0 Å². The predicted molar refractivity (Wildman–Crippen MR) is 74.9 cm³/mol. The van der Waals surface area contributed by atoms with E-state index >= 15 is 0 Å². The largest absolute Gasteiger partial charge is 0.241 e. The molecule has 0 radical (unpaired) electrons. The molecular formula is C14H21NO2S. The van der Waals surface area contributed by atoms with Gasteiger partial charge >= 0.3 is 0 Å². The fraction of sp³-hybridized carbons (Fsp3) is 0.429. The molecule has 1 rings (SSSR count). The van der Waals surface area contributed by atoms with E-state index in [9.17, 15) is 8.42 Å². The second-order valence-corrected chi connectivity index (χ2v) is 6.72. The molecule has 0 heterocycles. The molecule has 100 valence electrons. The van der Waals surface area contributed by atoms with E-state index in [1.54, 1.807) is 24.3 Å². The van der Waals surface area contributed by atoms with Crippen LogP contribution < -0.4 is 4.72 Å². The molecule has 0 fully saturated rings. The molecule has 0 spiro atoms. The average Bonchev–Trinajstić information content (AvgIpc) is 2.26. The van der Waals surface area contributed by atoms with Crippen LogP contribution in [-0.2, 0) is 10.0 Å². The van der Waals surface area contributed by atoms with Crippen LogP contribution in [0.1, 0.15) is 26.3 Å². The smallest absolute Gasteiger partial charge is 0.207 e. The van der Waals surface area contributed by atoms with Crippen LogP contribution in [0.15, 0.2) is 41.3 Å². The zero-order valence-electron chi connectivity index (χ0n) is 11.4. The standard InChI is InChI=1S/C14H21NO2S/c1-10(2)14(11(3)4)15-18(16,17)13-8-6-12(5)7-9-13/h6-9,11,14-15H,1H2,2-5H3/t14-/m1/s1. The maximum absolute atomic E-state index is 12.2. The van der Waals surface area contributed by atoms with Crippen molar-refractivity contribution in [3.8, 4) is 0 Å². The number of aryl methyl sites for hydroxylation is 1. The number of hydrogen-bond acceptors (Lipinski definition) is 2. The normalized spacial score (nSPS) is 13.6. The Morgan fingerprint density at radius 2 is 1.72 bits per heavy atom. The van der Waals surface area contributed by atoms with Crippen molar-refractivity contribution in [2.24, 2.45) is 5.92 Å². The Kier molecular flexibility index (Phi) is 4.71. The van der Waals surface area contributed by atoms with E-state index in [4.69, 9.17) is 0 Å². The molecule has 0 unspecified atom stereocenters. The highest BCUT2D eigenvalue weighted by atomic mass is 32.2. The van der Waals surface area contributed by atoms with E-state index in [-0.39, 0.29) is 12.0 Å². The molecule has 0 amide bonds. The van der Waals surface area contributed by atoms with Gasteiger partial charge in [0.1, 0.15) is 0 Å². The minimum absolute atomic E-state index is 0.169. The van der Waals surface area contributed by atoms with Crippen LogP contribution in [0, 0.1) is 12.8 Å². The Morgan fingerprint density at radius 1 is 1.22 bits per heavy atom. The van der Waals surface area contributed by atoms with Crippen molar-refractivity contribution in [1.29, 1.82) is 0 Å².